The molecule has 2 heteroatoms. The van der Waals surface area contributed by atoms with Crippen LogP contribution in [0, 0.1) is 13.8 Å². The fourth-order valence-electron chi connectivity index (χ4n) is 8.39. The predicted molar refractivity (Wildman–Crippen MR) is 249 cm³/mol. The second-order valence-corrected chi connectivity index (χ2v) is 15.1. The molecule has 0 unspecified atom stereocenters. The van der Waals surface area contributed by atoms with Gasteiger partial charge in [0.15, 0.2) is 0 Å². The second-order valence-electron chi connectivity index (χ2n) is 15.1. The maximum Gasteiger partial charge on any atom is 0.0546 e. The van der Waals surface area contributed by atoms with Crippen LogP contribution in [0.25, 0.3) is 54.6 Å². The first-order chi connectivity index (χ1) is 28.6. The predicted octanol–water partition coefficient (Wildman–Crippen LogP) is 16.0. The maximum absolute atomic E-state index is 2.42. The Morgan fingerprint density at radius 1 is 0.241 bits per heavy atom. The Morgan fingerprint density at radius 2 is 0.517 bits per heavy atom. The topological polar surface area (TPSA) is 6.48 Å². The number of hydrogen-bond acceptors (Lipinski definition) is 2. The first-order valence-electron chi connectivity index (χ1n) is 20.0. The van der Waals surface area contributed by atoms with Crippen molar-refractivity contribution >= 4 is 66.4 Å². The highest BCUT2D eigenvalue weighted by atomic mass is 15.1. The van der Waals surface area contributed by atoms with Gasteiger partial charge in [0.1, 0.15) is 0 Å². The van der Waals surface area contributed by atoms with Crippen LogP contribution in [0.2, 0.25) is 0 Å². The molecule has 2 nitrogen and oxygen atoms in total. The van der Waals surface area contributed by atoms with Crippen molar-refractivity contribution < 1.29 is 0 Å². The molecular formula is C56H42N2. The number of benzene rings is 10. The Hall–Kier alpha value is -7.42. The fourth-order valence-corrected chi connectivity index (χ4v) is 8.39. The van der Waals surface area contributed by atoms with Crippen molar-refractivity contribution in [3.63, 3.8) is 0 Å². The lowest BCUT2D eigenvalue weighted by atomic mass is 9.93. The van der Waals surface area contributed by atoms with Crippen LogP contribution in [0.15, 0.2) is 218 Å². The van der Waals surface area contributed by atoms with Crippen LogP contribution in [0.5, 0.6) is 0 Å². The highest BCUT2D eigenvalue weighted by Gasteiger charge is 2.22. The van der Waals surface area contributed by atoms with Crippen LogP contribution in [0.4, 0.5) is 34.1 Å². The van der Waals surface area contributed by atoms with Gasteiger partial charge >= 0.3 is 0 Å². The molecule has 0 fully saturated rings. The minimum Gasteiger partial charge on any atom is -0.310 e. The van der Waals surface area contributed by atoms with E-state index in [4.69, 9.17) is 0 Å². The first-order valence-corrected chi connectivity index (χ1v) is 20.0. The maximum atomic E-state index is 2.42. The van der Waals surface area contributed by atoms with Crippen molar-refractivity contribution in [3.8, 4) is 22.3 Å². The molecule has 0 N–H and O–H groups in total. The van der Waals surface area contributed by atoms with Gasteiger partial charge in [-0.1, -0.05) is 169 Å². The molecule has 0 saturated heterocycles. The molecule has 0 aromatic heterocycles. The zero-order chi connectivity index (χ0) is 39.0. The van der Waals surface area contributed by atoms with Gasteiger partial charge in [-0.25, -0.2) is 0 Å². The lowest BCUT2D eigenvalue weighted by molar-refractivity contribution is 1.29. The lowest BCUT2D eigenvalue weighted by Gasteiger charge is -2.30. The van der Waals surface area contributed by atoms with Gasteiger partial charge < -0.3 is 9.80 Å². The van der Waals surface area contributed by atoms with Crippen molar-refractivity contribution in [2.75, 3.05) is 9.80 Å². The van der Waals surface area contributed by atoms with Crippen LogP contribution in [-0.2, 0) is 0 Å². The standard InChI is InChI=1S/C56H42N2/c1-39-21-29-45(30-22-39)57(47-33-25-43(26-34-47)41-13-5-3-6-14-41)55-37-53-50-18-10-12-20-52(50)56(38-54(53)49-17-9-11-19-51(49)55)58(46-31-23-40(2)24-32-46)48-35-27-44(28-36-48)42-15-7-4-8-16-42/h3-38H,1-2H3. The molecule has 0 aliphatic rings. The van der Waals surface area contributed by atoms with Crippen LogP contribution < -0.4 is 9.80 Å². The summed E-state index contributed by atoms with van der Waals surface area (Å²) in [5, 5.41) is 7.24. The normalized spacial score (nSPS) is 11.3. The molecule has 0 aliphatic carbocycles. The summed E-state index contributed by atoms with van der Waals surface area (Å²) < 4.78 is 0. The molecule has 0 aliphatic heterocycles. The van der Waals surface area contributed by atoms with E-state index in [1.807, 2.05) is 0 Å². The summed E-state index contributed by atoms with van der Waals surface area (Å²) in [4.78, 5) is 4.84. The average molecular weight is 743 g/mol. The van der Waals surface area contributed by atoms with Crippen LogP contribution in [0.3, 0.4) is 0 Å². The molecule has 58 heavy (non-hydrogen) atoms. The van der Waals surface area contributed by atoms with Gasteiger partial charge in [-0.3, -0.25) is 0 Å². The average Bonchev–Trinajstić information content (AvgIpc) is 3.29. The van der Waals surface area contributed by atoms with E-state index < -0.39 is 0 Å². The largest absolute Gasteiger partial charge is 0.310 e. The van der Waals surface area contributed by atoms with Gasteiger partial charge in [0.2, 0.25) is 0 Å². The minimum absolute atomic E-state index is 1.11. The number of nitrogens with zero attached hydrogens (tertiary/aromatic N) is 2. The van der Waals surface area contributed by atoms with Crippen molar-refractivity contribution in [1.29, 1.82) is 0 Å². The number of anilines is 6. The molecule has 10 aromatic carbocycles. The van der Waals surface area contributed by atoms with E-state index in [1.54, 1.807) is 0 Å². The van der Waals surface area contributed by atoms with Crippen molar-refractivity contribution in [1.82, 2.24) is 0 Å². The van der Waals surface area contributed by atoms with Gasteiger partial charge in [0, 0.05) is 33.5 Å². The number of rotatable bonds is 8. The summed E-state index contributed by atoms with van der Waals surface area (Å²) in [6.07, 6.45) is 0. The van der Waals surface area contributed by atoms with Crippen molar-refractivity contribution in [2.24, 2.45) is 0 Å². The van der Waals surface area contributed by atoms with Crippen LogP contribution in [-0.4, -0.2) is 0 Å². The number of fused-ring (bicyclic) bond motifs is 5. The van der Waals surface area contributed by atoms with Crippen molar-refractivity contribution in [2.45, 2.75) is 13.8 Å². The SMILES string of the molecule is Cc1ccc(N(c2ccc(-c3ccccc3)cc2)c2cc3c4ccccc4c(N(c4ccc(C)cc4)c4ccc(-c5ccccc5)cc4)cc3c3ccccc23)cc1. The van der Waals surface area contributed by atoms with E-state index in [1.165, 1.54) is 65.7 Å². The molecule has 0 heterocycles. The summed E-state index contributed by atoms with van der Waals surface area (Å²) in [5.41, 5.74) is 14.0. The Kier molecular flexibility index (Phi) is 9.01. The molecule has 0 spiro atoms. The third-order valence-electron chi connectivity index (χ3n) is 11.4. The molecular weight excluding hydrogens is 701 g/mol. The summed E-state index contributed by atoms with van der Waals surface area (Å²) in [6, 6.07) is 79.6. The van der Waals surface area contributed by atoms with E-state index >= 15 is 0 Å². The summed E-state index contributed by atoms with van der Waals surface area (Å²) in [6.45, 7) is 4.30. The van der Waals surface area contributed by atoms with Crippen molar-refractivity contribution in [3.05, 3.63) is 230 Å². The van der Waals surface area contributed by atoms with E-state index in [0.717, 1.165) is 34.1 Å². The van der Waals surface area contributed by atoms with E-state index in [0.29, 0.717) is 0 Å². The molecule has 10 rings (SSSR count). The Labute approximate surface area is 340 Å². The molecule has 10 aromatic rings. The molecule has 0 radical (unpaired) electrons. The monoisotopic (exact) mass is 742 g/mol. The van der Waals surface area contributed by atoms with Gasteiger partial charge in [-0.05, 0) is 118 Å². The molecule has 276 valence electrons. The molecule has 0 bridgehead atoms. The zero-order valence-corrected chi connectivity index (χ0v) is 32.7. The number of hydrogen-bond donors (Lipinski definition) is 0. The minimum atomic E-state index is 1.11. The van der Waals surface area contributed by atoms with Gasteiger partial charge in [0.25, 0.3) is 0 Å². The quantitative estimate of drug-likeness (QED) is 0.143. The van der Waals surface area contributed by atoms with Gasteiger partial charge in [-0.2, -0.15) is 0 Å². The van der Waals surface area contributed by atoms with Crippen LogP contribution in [0.1, 0.15) is 11.1 Å². The van der Waals surface area contributed by atoms with E-state index in [9.17, 15) is 0 Å². The Bertz CT molecular complexity index is 2810. The summed E-state index contributed by atoms with van der Waals surface area (Å²) >= 11 is 0. The fraction of sp³-hybridized carbons (Fsp3) is 0.0357. The highest BCUT2D eigenvalue weighted by Crippen LogP contribution is 2.48. The molecule has 0 saturated carbocycles. The Balaban J connectivity index is 1.20. The summed E-state index contributed by atoms with van der Waals surface area (Å²) in [5.74, 6) is 0. The third kappa shape index (κ3) is 6.45. The van der Waals surface area contributed by atoms with Gasteiger partial charge in [0.05, 0.1) is 11.4 Å². The van der Waals surface area contributed by atoms with E-state index in [-0.39, 0.29) is 0 Å². The van der Waals surface area contributed by atoms with Crippen LogP contribution >= 0.6 is 0 Å². The lowest BCUT2D eigenvalue weighted by Crippen LogP contribution is -2.12. The summed E-state index contributed by atoms with van der Waals surface area (Å²) in [7, 11) is 0. The molecule has 0 amide bonds. The molecule has 0 atom stereocenters. The third-order valence-corrected chi connectivity index (χ3v) is 11.4. The van der Waals surface area contributed by atoms with Gasteiger partial charge in [-0.15, -0.1) is 0 Å². The Morgan fingerprint density at radius 3 is 0.862 bits per heavy atom. The van der Waals surface area contributed by atoms with E-state index in [2.05, 4.69) is 242 Å². The second kappa shape index (κ2) is 14.9. The smallest absolute Gasteiger partial charge is 0.0546 e. The highest BCUT2D eigenvalue weighted by molar-refractivity contribution is 6.24. The zero-order valence-electron chi connectivity index (χ0n) is 32.7. The first kappa shape index (κ1) is 35.0. The number of aryl methyl sites for hydroxylation is 2.